The first-order valence-corrected chi connectivity index (χ1v) is 11.4. The number of aliphatic hydroxyl groups excluding tert-OH is 1. The predicted molar refractivity (Wildman–Crippen MR) is 120 cm³/mol. The summed E-state index contributed by atoms with van der Waals surface area (Å²) < 4.78 is 33.4. The lowest BCUT2D eigenvalue weighted by molar-refractivity contribution is -0.344. The summed E-state index contributed by atoms with van der Waals surface area (Å²) in [5, 5.41) is 13.7. The van der Waals surface area contributed by atoms with Gasteiger partial charge in [0.05, 0.1) is 13.7 Å². The van der Waals surface area contributed by atoms with Crippen LogP contribution in [0.3, 0.4) is 0 Å². The number of ether oxygens (including phenoxy) is 6. The highest BCUT2D eigenvalue weighted by molar-refractivity contribution is 5.69. The summed E-state index contributed by atoms with van der Waals surface area (Å²) in [7, 11) is 1.36. The van der Waals surface area contributed by atoms with Crippen molar-refractivity contribution in [1.29, 1.82) is 0 Å². The third-order valence-electron chi connectivity index (χ3n) is 5.59. The van der Waals surface area contributed by atoms with Crippen LogP contribution in [-0.4, -0.2) is 74.7 Å². The smallest absolute Gasteiger partial charge is 0.407 e. The minimum atomic E-state index is -1.13. The molecule has 10 nitrogen and oxygen atoms in total. The lowest BCUT2D eigenvalue weighted by atomic mass is 9.96. The molecule has 1 amide bonds. The Balaban J connectivity index is 1.60. The van der Waals surface area contributed by atoms with Crippen molar-refractivity contribution < 1.29 is 43.1 Å². The van der Waals surface area contributed by atoms with Gasteiger partial charge in [0.1, 0.15) is 31.0 Å². The molecule has 188 valence electrons. The number of amides is 1. The SMILES string of the molecule is C=CCOC(=O)NC1C(OCCCCCC(=O)OC)OC2COC(c3ccccc3)OC2C1O. The van der Waals surface area contributed by atoms with E-state index in [1.807, 2.05) is 30.3 Å². The number of carbonyl (C=O) groups is 2. The van der Waals surface area contributed by atoms with Crippen LogP contribution in [-0.2, 0) is 33.2 Å². The van der Waals surface area contributed by atoms with Crippen LogP contribution in [0.25, 0.3) is 0 Å². The van der Waals surface area contributed by atoms with E-state index in [-0.39, 0.29) is 19.2 Å². The van der Waals surface area contributed by atoms with E-state index in [0.717, 1.165) is 12.0 Å². The van der Waals surface area contributed by atoms with Gasteiger partial charge in [0.2, 0.25) is 0 Å². The number of benzene rings is 1. The summed E-state index contributed by atoms with van der Waals surface area (Å²) in [5.41, 5.74) is 0.813. The van der Waals surface area contributed by atoms with Crippen LogP contribution in [0.2, 0.25) is 0 Å². The fourth-order valence-electron chi connectivity index (χ4n) is 3.83. The molecule has 0 radical (unpaired) electrons. The summed E-state index contributed by atoms with van der Waals surface area (Å²) >= 11 is 0. The van der Waals surface area contributed by atoms with E-state index in [1.54, 1.807) is 0 Å². The van der Waals surface area contributed by atoms with E-state index < -0.39 is 43.0 Å². The van der Waals surface area contributed by atoms with Crippen LogP contribution in [0.15, 0.2) is 43.0 Å². The topological polar surface area (TPSA) is 122 Å². The third-order valence-corrected chi connectivity index (χ3v) is 5.59. The van der Waals surface area contributed by atoms with E-state index in [0.29, 0.717) is 25.9 Å². The molecule has 2 N–H and O–H groups in total. The van der Waals surface area contributed by atoms with Crippen molar-refractivity contribution in [2.45, 2.75) is 62.6 Å². The van der Waals surface area contributed by atoms with Crippen molar-refractivity contribution in [2.75, 3.05) is 26.9 Å². The monoisotopic (exact) mass is 479 g/mol. The fourth-order valence-corrected chi connectivity index (χ4v) is 3.83. The fraction of sp³-hybridized carbons (Fsp3) is 0.583. The number of unbranched alkanes of at least 4 members (excludes halogenated alkanes) is 2. The van der Waals surface area contributed by atoms with Gasteiger partial charge in [-0.25, -0.2) is 4.79 Å². The molecule has 0 aromatic heterocycles. The maximum atomic E-state index is 12.2. The molecule has 2 heterocycles. The molecule has 2 aliphatic rings. The molecule has 6 atom stereocenters. The molecule has 0 bridgehead atoms. The van der Waals surface area contributed by atoms with Crippen LogP contribution in [0.1, 0.15) is 37.5 Å². The van der Waals surface area contributed by atoms with E-state index in [1.165, 1.54) is 13.2 Å². The van der Waals surface area contributed by atoms with Gasteiger partial charge in [0.15, 0.2) is 12.6 Å². The van der Waals surface area contributed by atoms with Crippen molar-refractivity contribution >= 4 is 12.1 Å². The highest BCUT2D eigenvalue weighted by Crippen LogP contribution is 2.34. The average Bonchev–Trinajstić information content (AvgIpc) is 2.87. The normalized spacial score (nSPS) is 28.4. The molecule has 1 aromatic rings. The lowest BCUT2D eigenvalue weighted by Gasteiger charge is -2.47. The zero-order valence-corrected chi connectivity index (χ0v) is 19.3. The molecule has 1 aromatic carbocycles. The molecule has 2 saturated heterocycles. The summed E-state index contributed by atoms with van der Waals surface area (Å²) in [4.78, 5) is 23.4. The molecular formula is C24H33NO9. The zero-order chi connectivity index (χ0) is 24.3. The number of hydrogen-bond acceptors (Lipinski definition) is 9. The maximum absolute atomic E-state index is 12.2. The van der Waals surface area contributed by atoms with Gasteiger partial charge >= 0.3 is 12.1 Å². The molecule has 3 rings (SSSR count). The Morgan fingerprint density at radius 1 is 1.21 bits per heavy atom. The number of methoxy groups -OCH3 is 1. The average molecular weight is 480 g/mol. The van der Waals surface area contributed by atoms with Gasteiger partial charge in [-0.3, -0.25) is 4.79 Å². The number of alkyl carbamates (subject to hydrolysis) is 1. The summed E-state index contributed by atoms with van der Waals surface area (Å²) in [6.45, 7) is 4.03. The number of carbonyl (C=O) groups excluding carboxylic acids is 2. The summed E-state index contributed by atoms with van der Waals surface area (Å²) in [5.74, 6) is -0.251. The largest absolute Gasteiger partial charge is 0.469 e. The van der Waals surface area contributed by atoms with Gasteiger partial charge in [-0.1, -0.05) is 49.4 Å². The molecule has 0 spiro atoms. The van der Waals surface area contributed by atoms with Crippen molar-refractivity contribution in [2.24, 2.45) is 0 Å². The van der Waals surface area contributed by atoms with Crippen molar-refractivity contribution in [3.63, 3.8) is 0 Å². The Kier molecular flexibility index (Phi) is 10.3. The molecule has 2 aliphatic heterocycles. The molecular weight excluding hydrogens is 446 g/mol. The number of nitrogens with one attached hydrogen (secondary N) is 1. The number of rotatable bonds is 11. The van der Waals surface area contributed by atoms with Gasteiger partial charge in [-0.05, 0) is 12.8 Å². The van der Waals surface area contributed by atoms with Crippen molar-refractivity contribution in [3.05, 3.63) is 48.6 Å². The number of fused-ring (bicyclic) bond motifs is 1. The first-order valence-electron chi connectivity index (χ1n) is 11.4. The third kappa shape index (κ3) is 7.25. The maximum Gasteiger partial charge on any atom is 0.407 e. The molecule has 10 heteroatoms. The summed E-state index contributed by atoms with van der Waals surface area (Å²) in [6, 6.07) is 8.45. The molecule has 34 heavy (non-hydrogen) atoms. The second-order valence-electron chi connectivity index (χ2n) is 8.03. The Labute approximate surface area is 199 Å². The van der Waals surface area contributed by atoms with Gasteiger partial charge in [-0.2, -0.15) is 0 Å². The first-order chi connectivity index (χ1) is 16.5. The van der Waals surface area contributed by atoms with Gasteiger partial charge < -0.3 is 38.8 Å². The predicted octanol–water partition coefficient (Wildman–Crippen LogP) is 2.22. The minimum Gasteiger partial charge on any atom is -0.469 e. The van der Waals surface area contributed by atoms with Crippen molar-refractivity contribution in [1.82, 2.24) is 5.32 Å². The second kappa shape index (κ2) is 13.4. The number of esters is 1. The van der Waals surface area contributed by atoms with Crippen LogP contribution in [0.5, 0.6) is 0 Å². The van der Waals surface area contributed by atoms with Crippen LogP contribution in [0.4, 0.5) is 4.79 Å². The Morgan fingerprint density at radius 2 is 2.00 bits per heavy atom. The quantitative estimate of drug-likeness (QED) is 0.279. The number of hydrogen-bond donors (Lipinski definition) is 2. The second-order valence-corrected chi connectivity index (χ2v) is 8.03. The van der Waals surface area contributed by atoms with Crippen molar-refractivity contribution in [3.8, 4) is 0 Å². The van der Waals surface area contributed by atoms with E-state index in [9.17, 15) is 14.7 Å². The molecule has 6 unspecified atom stereocenters. The van der Waals surface area contributed by atoms with Crippen LogP contribution < -0.4 is 5.32 Å². The lowest BCUT2D eigenvalue weighted by Crippen LogP contribution is -2.66. The molecule has 2 fully saturated rings. The van der Waals surface area contributed by atoms with Gasteiger partial charge in [0.25, 0.3) is 0 Å². The Morgan fingerprint density at radius 3 is 2.74 bits per heavy atom. The van der Waals surface area contributed by atoms with Crippen LogP contribution >= 0.6 is 0 Å². The van der Waals surface area contributed by atoms with E-state index in [2.05, 4.69) is 16.6 Å². The Bertz CT molecular complexity index is 790. The minimum absolute atomic E-state index is 0.0215. The summed E-state index contributed by atoms with van der Waals surface area (Å²) in [6.07, 6.45) is -0.919. The molecule has 0 saturated carbocycles. The van der Waals surface area contributed by atoms with Crippen LogP contribution in [0, 0.1) is 0 Å². The van der Waals surface area contributed by atoms with E-state index in [4.69, 9.17) is 23.7 Å². The highest BCUT2D eigenvalue weighted by Gasteiger charge is 2.50. The van der Waals surface area contributed by atoms with Gasteiger partial charge in [0, 0.05) is 18.6 Å². The molecule has 0 aliphatic carbocycles. The number of aliphatic hydroxyl groups is 1. The first kappa shape index (κ1) is 26.1. The van der Waals surface area contributed by atoms with Gasteiger partial charge in [-0.15, -0.1) is 0 Å². The zero-order valence-electron chi connectivity index (χ0n) is 19.3. The Hall–Kier alpha value is -2.50. The van der Waals surface area contributed by atoms with E-state index >= 15 is 0 Å². The standard InChI is InChI=1S/C24H33NO9/c1-3-13-31-24(28)25-19-20(27)21-17(15-32-22(34-21)16-10-6-4-7-11-16)33-23(19)30-14-9-5-8-12-18(26)29-2/h3-4,6-7,10-11,17,19-23,27H,1,5,8-9,12-15H2,2H3,(H,25,28). The highest BCUT2D eigenvalue weighted by atomic mass is 16.7.